The summed E-state index contributed by atoms with van der Waals surface area (Å²) in [4.78, 5) is -1.48. The fraction of sp³-hybridized carbons (Fsp3) is 0. The minimum atomic E-state index is -4.74. The van der Waals surface area contributed by atoms with Crippen molar-refractivity contribution in [1.29, 1.82) is 0 Å². The smallest absolute Gasteiger partial charge is 0.744 e. The van der Waals surface area contributed by atoms with Gasteiger partial charge in [0.25, 0.3) is 0 Å². The molecule has 1 rings (SSSR count). The summed E-state index contributed by atoms with van der Waals surface area (Å²) in [5.74, 6) is 0. The number of hydrogen-bond acceptors (Lipinski definition) is 6. The van der Waals surface area contributed by atoms with Crippen LogP contribution in [-0.4, -0.2) is 25.9 Å². The van der Waals surface area contributed by atoms with Gasteiger partial charge < -0.3 is 9.11 Å². The van der Waals surface area contributed by atoms with Gasteiger partial charge in [0.15, 0.2) is 0 Å². The van der Waals surface area contributed by atoms with Gasteiger partial charge in [-0.25, -0.2) is 16.8 Å². The van der Waals surface area contributed by atoms with Gasteiger partial charge >= 0.3 is 37.7 Å². The molecule has 16 heavy (non-hydrogen) atoms. The molecule has 1 aromatic rings. The van der Waals surface area contributed by atoms with E-state index in [0.717, 1.165) is 18.2 Å². The van der Waals surface area contributed by atoms with Crippen molar-refractivity contribution >= 4 is 20.2 Å². The minimum absolute atomic E-state index is 0. The van der Waals surface area contributed by atoms with Gasteiger partial charge in [0, 0.05) is 0 Å². The Morgan fingerprint density at radius 2 is 1.12 bits per heavy atom. The van der Waals surface area contributed by atoms with Crippen molar-refractivity contribution in [3.63, 3.8) is 0 Å². The minimum Gasteiger partial charge on any atom is -0.744 e. The van der Waals surface area contributed by atoms with Gasteiger partial charge in [-0.2, -0.15) is 0 Å². The van der Waals surface area contributed by atoms with Crippen LogP contribution in [0.1, 0.15) is 0 Å². The first-order valence-electron chi connectivity index (χ1n) is 3.23. The van der Waals surface area contributed by atoms with E-state index in [2.05, 4.69) is 0 Å². The summed E-state index contributed by atoms with van der Waals surface area (Å²) in [6.45, 7) is 0. The molecular formula is C6H4Li2O6S2. The van der Waals surface area contributed by atoms with Gasteiger partial charge in [-0.1, -0.05) is 6.07 Å². The first-order chi connectivity index (χ1) is 6.21. The second kappa shape index (κ2) is 6.24. The molecule has 78 valence electrons. The molecule has 0 radical (unpaired) electrons. The zero-order chi connectivity index (χ0) is 11.0. The van der Waals surface area contributed by atoms with Crippen molar-refractivity contribution < 1.29 is 63.7 Å². The third-order valence-electron chi connectivity index (χ3n) is 1.38. The molecule has 0 aromatic heterocycles. The molecule has 0 atom stereocenters. The first-order valence-corrected chi connectivity index (χ1v) is 6.05. The van der Waals surface area contributed by atoms with Crippen LogP contribution in [0.15, 0.2) is 34.1 Å². The molecule has 1 aromatic carbocycles. The monoisotopic (exact) mass is 250 g/mol. The van der Waals surface area contributed by atoms with Crippen LogP contribution in [0.3, 0.4) is 0 Å². The average Bonchev–Trinajstić information content (AvgIpc) is 2.01. The molecule has 0 fully saturated rings. The largest absolute Gasteiger partial charge is 1.00 e. The summed E-state index contributed by atoms with van der Waals surface area (Å²) < 4.78 is 62.8. The summed E-state index contributed by atoms with van der Waals surface area (Å²) in [7, 11) is -9.48. The fourth-order valence-electron chi connectivity index (χ4n) is 0.785. The number of rotatable bonds is 2. The Kier molecular flexibility index (Phi) is 7.26. The maximum absolute atomic E-state index is 10.5. The van der Waals surface area contributed by atoms with Gasteiger partial charge in [-0.05, 0) is 18.2 Å². The van der Waals surface area contributed by atoms with Gasteiger partial charge in [0.2, 0.25) is 0 Å². The molecule has 10 heteroatoms. The molecule has 0 N–H and O–H groups in total. The second-order valence-electron chi connectivity index (χ2n) is 2.38. The van der Waals surface area contributed by atoms with Gasteiger partial charge in [0.1, 0.15) is 20.2 Å². The Bertz CT molecular complexity index is 503. The third-order valence-corrected chi connectivity index (χ3v) is 3.05. The van der Waals surface area contributed by atoms with Crippen LogP contribution in [-0.2, 0) is 20.2 Å². The van der Waals surface area contributed by atoms with E-state index in [4.69, 9.17) is 0 Å². The zero-order valence-electron chi connectivity index (χ0n) is 8.58. The maximum Gasteiger partial charge on any atom is 1.00 e. The van der Waals surface area contributed by atoms with E-state index in [9.17, 15) is 25.9 Å². The van der Waals surface area contributed by atoms with Crippen LogP contribution in [0.25, 0.3) is 0 Å². The van der Waals surface area contributed by atoms with E-state index >= 15 is 0 Å². The Balaban J connectivity index is 0. The predicted molar refractivity (Wildman–Crippen MR) is 42.4 cm³/mol. The molecule has 0 aliphatic heterocycles. The quantitative estimate of drug-likeness (QED) is 0.381. The molecule has 0 saturated carbocycles. The van der Waals surface area contributed by atoms with Crippen LogP contribution < -0.4 is 37.7 Å². The van der Waals surface area contributed by atoms with Gasteiger partial charge in [0.05, 0.1) is 9.79 Å². The Hall–Kier alpha value is 0.235. The molecule has 0 aliphatic carbocycles. The van der Waals surface area contributed by atoms with Gasteiger partial charge in [-0.3, -0.25) is 0 Å². The zero-order valence-corrected chi connectivity index (χ0v) is 10.2. The normalized spacial score (nSPS) is 11.1. The van der Waals surface area contributed by atoms with E-state index in [0.29, 0.717) is 6.07 Å². The standard InChI is InChI=1S/C6H6O6S2.2Li/c7-13(8,9)5-2-1-3-6(4-5)14(10,11)12;;/h1-4H,(H,7,8,9)(H,10,11,12);;/q;2*+1/p-2. The van der Waals surface area contributed by atoms with Crippen LogP contribution in [0, 0.1) is 0 Å². The maximum atomic E-state index is 10.5. The molecule has 6 nitrogen and oxygen atoms in total. The molecular weight excluding hydrogens is 246 g/mol. The molecule has 0 saturated heterocycles. The topological polar surface area (TPSA) is 114 Å². The molecule has 0 amide bonds. The number of hydrogen-bond donors (Lipinski definition) is 0. The Labute approximate surface area is 117 Å². The fourth-order valence-corrected chi connectivity index (χ4v) is 1.89. The van der Waals surface area contributed by atoms with Crippen molar-refractivity contribution in [2.75, 3.05) is 0 Å². The third kappa shape index (κ3) is 5.04. The summed E-state index contributed by atoms with van der Waals surface area (Å²) in [6, 6.07) is 3.37. The van der Waals surface area contributed by atoms with Crippen molar-refractivity contribution in [3.8, 4) is 0 Å². The number of benzene rings is 1. The molecule has 0 heterocycles. The van der Waals surface area contributed by atoms with Crippen LogP contribution in [0.4, 0.5) is 0 Å². The molecule has 0 bridgehead atoms. The van der Waals surface area contributed by atoms with E-state index in [1.54, 1.807) is 0 Å². The van der Waals surface area contributed by atoms with E-state index in [-0.39, 0.29) is 37.7 Å². The summed E-state index contributed by atoms with van der Waals surface area (Å²) in [6.07, 6.45) is 0. The predicted octanol–water partition coefficient (Wildman–Crippen LogP) is -6.50. The summed E-state index contributed by atoms with van der Waals surface area (Å²) in [5, 5.41) is 0. The summed E-state index contributed by atoms with van der Waals surface area (Å²) in [5.41, 5.74) is 0. The van der Waals surface area contributed by atoms with E-state index in [1.165, 1.54) is 0 Å². The molecule has 0 spiro atoms. The summed E-state index contributed by atoms with van der Waals surface area (Å²) >= 11 is 0. The van der Waals surface area contributed by atoms with Crippen LogP contribution in [0.5, 0.6) is 0 Å². The van der Waals surface area contributed by atoms with Crippen LogP contribution in [0.2, 0.25) is 0 Å². The van der Waals surface area contributed by atoms with E-state index in [1.807, 2.05) is 0 Å². The van der Waals surface area contributed by atoms with Gasteiger partial charge in [-0.15, -0.1) is 0 Å². The second-order valence-corrected chi connectivity index (χ2v) is 5.14. The SMILES string of the molecule is O=S(=O)([O-])c1cccc(S(=O)(=O)[O-])c1.[Li+].[Li+]. The van der Waals surface area contributed by atoms with Crippen molar-refractivity contribution in [2.45, 2.75) is 9.79 Å². The van der Waals surface area contributed by atoms with Crippen molar-refractivity contribution in [1.82, 2.24) is 0 Å². The van der Waals surface area contributed by atoms with Crippen molar-refractivity contribution in [2.24, 2.45) is 0 Å². The molecule has 0 aliphatic rings. The Morgan fingerprint density at radius 1 is 0.812 bits per heavy atom. The van der Waals surface area contributed by atoms with E-state index < -0.39 is 30.0 Å². The molecule has 0 unspecified atom stereocenters. The Morgan fingerprint density at radius 3 is 1.38 bits per heavy atom. The first kappa shape index (κ1) is 18.6. The van der Waals surface area contributed by atoms with Crippen molar-refractivity contribution in [3.05, 3.63) is 24.3 Å². The average molecular weight is 250 g/mol. The van der Waals surface area contributed by atoms with Crippen LogP contribution >= 0.6 is 0 Å².